The fourth-order valence-corrected chi connectivity index (χ4v) is 4.33. The van der Waals surface area contributed by atoms with Crippen LogP contribution in [0.25, 0.3) is 0 Å². The van der Waals surface area contributed by atoms with Crippen LogP contribution in [0.3, 0.4) is 0 Å². The lowest BCUT2D eigenvalue weighted by molar-refractivity contribution is -0.154. The molecule has 0 N–H and O–H groups in total. The number of allylic oxidation sites excluding steroid dienone is 2. The van der Waals surface area contributed by atoms with E-state index < -0.39 is 47.7 Å². The minimum atomic E-state index is -0.682. The SMILES string of the molecule is C[C@@H]1C=CC[C@@H]2C(=O)N(N(CC(=O)c3ccc(F)cc3)C(=O)c3ccc(Cl)cc3)C(=O)[C@H]12. The van der Waals surface area contributed by atoms with Gasteiger partial charge in [-0.05, 0) is 60.9 Å². The van der Waals surface area contributed by atoms with Crippen molar-refractivity contribution in [2.75, 3.05) is 6.54 Å². The van der Waals surface area contributed by atoms with Gasteiger partial charge in [0, 0.05) is 16.1 Å². The van der Waals surface area contributed by atoms with E-state index in [4.69, 9.17) is 11.6 Å². The first-order valence-electron chi connectivity index (χ1n) is 10.2. The van der Waals surface area contributed by atoms with E-state index in [1.807, 2.05) is 19.1 Å². The summed E-state index contributed by atoms with van der Waals surface area (Å²) in [5.74, 6) is -4.08. The zero-order valence-electron chi connectivity index (χ0n) is 17.2. The lowest BCUT2D eigenvalue weighted by Gasteiger charge is -2.30. The smallest absolute Gasteiger partial charge is 0.273 e. The predicted molar refractivity (Wildman–Crippen MR) is 115 cm³/mol. The molecule has 0 unspecified atom stereocenters. The molecule has 1 aliphatic carbocycles. The summed E-state index contributed by atoms with van der Waals surface area (Å²) >= 11 is 5.91. The van der Waals surface area contributed by atoms with Gasteiger partial charge in [0.05, 0.1) is 11.8 Å². The highest BCUT2D eigenvalue weighted by Gasteiger charge is 2.53. The van der Waals surface area contributed by atoms with Crippen LogP contribution in [-0.2, 0) is 9.59 Å². The summed E-state index contributed by atoms with van der Waals surface area (Å²) in [7, 11) is 0. The molecule has 0 bridgehead atoms. The first-order chi connectivity index (χ1) is 15.3. The van der Waals surface area contributed by atoms with E-state index in [0.717, 1.165) is 22.2 Å². The van der Waals surface area contributed by atoms with Crippen molar-refractivity contribution in [1.82, 2.24) is 10.0 Å². The predicted octanol–water partition coefficient (Wildman–Crippen LogP) is 3.92. The molecule has 8 heteroatoms. The fourth-order valence-electron chi connectivity index (χ4n) is 4.21. The van der Waals surface area contributed by atoms with Gasteiger partial charge in [0.25, 0.3) is 17.7 Å². The Balaban J connectivity index is 1.70. The Morgan fingerprint density at radius 1 is 1.03 bits per heavy atom. The second-order valence-corrected chi connectivity index (χ2v) is 8.38. The molecule has 2 aromatic rings. The highest BCUT2D eigenvalue weighted by Crippen LogP contribution is 2.39. The lowest BCUT2D eigenvalue weighted by atomic mass is 9.78. The number of amides is 3. The fraction of sp³-hybridized carbons (Fsp3) is 0.250. The van der Waals surface area contributed by atoms with Gasteiger partial charge in [-0.3, -0.25) is 19.2 Å². The van der Waals surface area contributed by atoms with Gasteiger partial charge in [0.2, 0.25) is 0 Å². The number of halogens is 2. The Kier molecular flexibility index (Phi) is 5.93. The summed E-state index contributed by atoms with van der Waals surface area (Å²) < 4.78 is 13.3. The maximum Gasteiger partial charge on any atom is 0.273 e. The van der Waals surface area contributed by atoms with Crippen molar-refractivity contribution in [3.8, 4) is 0 Å². The van der Waals surface area contributed by atoms with Crippen LogP contribution >= 0.6 is 11.6 Å². The third-order valence-corrected chi connectivity index (χ3v) is 6.13. The van der Waals surface area contributed by atoms with E-state index in [1.54, 1.807) is 0 Å². The normalized spacial score (nSPS) is 22.1. The third-order valence-electron chi connectivity index (χ3n) is 5.88. The van der Waals surface area contributed by atoms with Gasteiger partial charge in [-0.1, -0.05) is 30.7 Å². The van der Waals surface area contributed by atoms with Gasteiger partial charge in [-0.15, -0.1) is 0 Å². The molecule has 164 valence electrons. The molecular formula is C24H20ClFN2O4. The van der Waals surface area contributed by atoms with Crippen LogP contribution in [0.1, 0.15) is 34.1 Å². The molecule has 0 saturated carbocycles. The maximum absolute atomic E-state index is 13.4. The Morgan fingerprint density at radius 3 is 2.28 bits per heavy atom. The number of carbonyl (C=O) groups is 4. The van der Waals surface area contributed by atoms with Gasteiger partial charge in [-0.25, -0.2) is 9.40 Å². The Labute approximate surface area is 189 Å². The molecule has 3 atom stereocenters. The number of hydrogen-bond donors (Lipinski definition) is 0. The van der Waals surface area contributed by atoms with Crippen molar-refractivity contribution in [3.63, 3.8) is 0 Å². The zero-order chi connectivity index (χ0) is 23.0. The summed E-state index contributed by atoms with van der Waals surface area (Å²) in [6, 6.07) is 10.8. The number of carbonyl (C=O) groups excluding carboxylic acids is 4. The van der Waals surface area contributed by atoms with E-state index in [9.17, 15) is 23.6 Å². The maximum atomic E-state index is 13.4. The highest BCUT2D eigenvalue weighted by atomic mass is 35.5. The monoisotopic (exact) mass is 454 g/mol. The quantitative estimate of drug-likeness (QED) is 0.390. The molecule has 3 amide bonds. The van der Waals surface area contributed by atoms with E-state index in [0.29, 0.717) is 11.4 Å². The molecule has 6 nitrogen and oxygen atoms in total. The average molecular weight is 455 g/mol. The largest absolute Gasteiger partial charge is 0.292 e. The molecule has 2 aromatic carbocycles. The van der Waals surface area contributed by atoms with Crippen molar-refractivity contribution in [2.24, 2.45) is 17.8 Å². The van der Waals surface area contributed by atoms with Crippen LogP contribution in [0.2, 0.25) is 5.02 Å². The second kappa shape index (κ2) is 8.67. The molecule has 2 aliphatic rings. The van der Waals surface area contributed by atoms with Crippen LogP contribution in [0.15, 0.2) is 60.7 Å². The summed E-state index contributed by atoms with van der Waals surface area (Å²) in [6.07, 6.45) is 4.13. The van der Waals surface area contributed by atoms with Gasteiger partial charge in [-0.2, -0.15) is 5.01 Å². The average Bonchev–Trinajstić information content (AvgIpc) is 3.03. The summed E-state index contributed by atoms with van der Waals surface area (Å²) in [5.41, 5.74) is 0.329. The molecule has 32 heavy (non-hydrogen) atoms. The van der Waals surface area contributed by atoms with Gasteiger partial charge in [0.1, 0.15) is 12.4 Å². The molecule has 4 rings (SSSR count). The highest BCUT2D eigenvalue weighted by molar-refractivity contribution is 6.30. The number of nitrogens with zero attached hydrogens (tertiary/aromatic N) is 2. The van der Waals surface area contributed by atoms with Crippen LogP contribution in [-0.4, -0.2) is 40.1 Å². The van der Waals surface area contributed by atoms with E-state index in [-0.39, 0.29) is 17.0 Å². The molecule has 0 spiro atoms. The first-order valence-corrected chi connectivity index (χ1v) is 10.6. The summed E-state index contributed by atoms with van der Waals surface area (Å²) in [6.45, 7) is 1.29. The standard InChI is InChI=1S/C24H20ClFN2O4/c1-14-3-2-4-19-21(14)24(32)28(23(19)31)27(22(30)16-5-9-17(25)10-6-16)13-20(29)15-7-11-18(26)12-8-15/h2-3,5-12,14,19,21H,4,13H2,1H3/t14-,19+,21-/m1/s1. The Morgan fingerprint density at radius 2 is 1.66 bits per heavy atom. The van der Waals surface area contributed by atoms with Crippen LogP contribution in [0, 0.1) is 23.6 Å². The van der Waals surface area contributed by atoms with E-state index in [2.05, 4.69) is 0 Å². The van der Waals surface area contributed by atoms with E-state index in [1.165, 1.54) is 36.4 Å². The molecule has 0 aromatic heterocycles. The van der Waals surface area contributed by atoms with Crippen LogP contribution < -0.4 is 0 Å². The number of hydrogen-bond acceptors (Lipinski definition) is 4. The van der Waals surface area contributed by atoms with Crippen molar-refractivity contribution in [2.45, 2.75) is 13.3 Å². The molecular weight excluding hydrogens is 435 g/mol. The number of ketones is 1. The minimum Gasteiger partial charge on any atom is -0.292 e. The van der Waals surface area contributed by atoms with Gasteiger partial charge in [0.15, 0.2) is 5.78 Å². The third kappa shape index (κ3) is 3.96. The lowest BCUT2D eigenvalue weighted by Crippen LogP contribution is -2.52. The summed E-state index contributed by atoms with van der Waals surface area (Å²) in [4.78, 5) is 52.7. The van der Waals surface area contributed by atoms with Crippen molar-refractivity contribution in [3.05, 3.63) is 82.6 Å². The Hall–Kier alpha value is -3.32. The minimum absolute atomic E-state index is 0.159. The molecule has 1 saturated heterocycles. The zero-order valence-corrected chi connectivity index (χ0v) is 18.0. The number of benzene rings is 2. The molecule has 0 radical (unpaired) electrons. The van der Waals surface area contributed by atoms with Crippen molar-refractivity contribution < 1.29 is 23.6 Å². The van der Waals surface area contributed by atoms with Crippen molar-refractivity contribution >= 4 is 35.1 Å². The van der Waals surface area contributed by atoms with Crippen LogP contribution in [0.4, 0.5) is 4.39 Å². The van der Waals surface area contributed by atoms with Gasteiger partial charge >= 0.3 is 0 Å². The molecule has 1 heterocycles. The number of fused-ring (bicyclic) bond motifs is 1. The van der Waals surface area contributed by atoms with Crippen LogP contribution in [0.5, 0.6) is 0 Å². The first kappa shape index (κ1) is 21.9. The number of hydrazine groups is 1. The number of Topliss-reactive ketones (excluding diaryl/α,β-unsaturated/α-hetero) is 1. The summed E-state index contributed by atoms with van der Waals surface area (Å²) in [5, 5.41) is 2.12. The molecule has 1 fully saturated rings. The topological polar surface area (TPSA) is 74.8 Å². The molecule has 1 aliphatic heterocycles. The van der Waals surface area contributed by atoms with E-state index >= 15 is 0 Å². The number of rotatable bonds is 5. The number of imide groups is 1. The Bertz CT molecular complexity index is 1110. The second-order valence-electron chi connectivity index (χ2n) is 7.94. The van der Waals surface area contributed by atoms with Gasteiger partial charge < -0.3 is 0 Å². The van der Waals surface area contributed by atoms with Crippen molar-refractivity contribution in [1.29, 1.82) is 0 Å².